The molecule has 0 saturated heterocycles. The van der Waals surface area contributed by atoms with Crippen LogP contribution in [0, 0.1) is 0 Å². The van der Waals surface area contributed by atoms with Gasteiger partial charge in [0.25, 0.3) is 0 Å². The standard InChI is InChI=1S/C17H21N/c1-5-7-13(6-2)14-8-9-15-11-16(12(3)4)18-17(15)10-14/h5-12,18H,1-4H3/b7-5-,13-6+. The molecule has 0 unspecified atom stereocenters. The van der Waals surface area contributed by atoms with Gasteiger partial charge in [-0.05, 0) is 48.4 Å². The van der Waals surface area contributed by atoms with Gasteiger partial charge in [-0.25, -0.2) is 0 Å². The van der Waals surface area contributed by atoms with Crippen LogP contribution in [0.2, 0.25) is 0 Å². The van der Waals surface area contributed by atoms with E-state index in [2.05, 4.69) is 68.2 Å². The summed E-state index contributed by atoms with van der Waals surface area (Å²) >= 11 is 0. The van der Waals surface area contributed by atoms with Crippen molar-refractivity contribution in [3.8, 4) is 0 Å². The molecule has 2 aromatic rings. The van der Waals surface area contributed by atoms with Gasteiger partial charge < -0.3 is 4.98 Å². The highest BCUT2D eigenvalue weighted by Gasteiger charge is 2.05. The second kappa shape index (κ2) is 5.26. The summed E-state index contributed by atoms with van der Waals surface area (Å²) in [6, 6.07) is 8.86. The van der Waals surface area contributed by atoms with E-state index in [1.165, 1.54) is 27.7 Å². The van der Waals surface area contributed by atoms with E-state index in [0.29, 0.717) is 5.92 Å². The van der Waals surface area contributed by atoms with Gasteiger partial charge in [0.2, 0.25) is 0 Å². The van der Waals surface area contributed by atoms with Crippen molar-refractivity contribution in [1.29, 1.82) is 0 Å². The number of H-pyrrole nitrogens is 1. The highest BCUT2D eigenvalue weighted by Crippen LogP contribution is 2.25. The smallest absolute Gasteiger partial charge is 0.0462 e. The molecule has 0 spiro atoms. The molecule has 0 aliphatic heterocycles. The van der Waals surface area contributed by atoms with Crippen molar-refractivity contribution in [3.05, 3.63) is 53.8 Å². The molecule has 1 N–H and O–H groups in total. The molecule has 1 aromatic heterocycles. The second-order valence-electron chi connectivity index (χ2n) is 4.93. The van der Waals surface area contributed by atoms with E-state index < -0.39 is 0 Å². The molecule has 0 aliphatic rings. The summed E-state index contributed by atoms with van der Waals surface area (Å²) in [7, 11) is 0. The minimum absolute atomic E-state index is 0.539. The summed E-state index contributed by atoms with van der Waals surface area (Å²) in [5, 5.41) is 1.29. The molecule has 0 bridgehead atoms. The fourth-order valence-electron chi connectivity index (χ4n) is 2.18. The first-order valence-corrected chi connectivity index (χ1v) is 6.57. The van der Waals surface area contributed by atoms with Crippen LogP contribution in [0.3, 0.4) is 0 Å². The van der Waals surface area contributed by atoms with Gasteiger partial charge in [-0.15, -0.1) is 0 Å². The van der Waals surface area contributed by atoms with Gasteiger partial charge in [-0.2, -0.15) is 0 Å². The van der Waals surface area contributed by atoms with Crippen molar-refractivity contribution in [2.45, 2.75) is 33.6 Å². The highest BCUT2D eigenvalue weighted by atomic mass is 14.7. The summed E-state index contributed by atoms with van der Waals surface area (Å²) in [6.07, 6.45) is 6.37. The molecular weight excluding hydrogens is 218 g/mol. The number of aromatic nitrogens is 1. The maximum atomic E-state index is 3.51. The first kappa shape index (κ1) is 12.7. The fourth-order valence-corrected chi connectivity index (χ4v) is 2.18. The molecule has 0 saturated carbocycles. The third-order valence-electron chi connectivity index (χ3n) is 3.26. The summed E-state index contributed by atoms with van der Waals surface area (Å²) in [6.45, 7) is 8.55. The van der Waals surface area contributed by atoms with E-state index >= 15 is 0 Å². The summed E-state index contributed by atoms with van der Waals surface area (Å²) in [5.41, 5.74) is 5.05. The van der Waals surface area contributed by atoms with E-state index in [4.69, 9.17) is 0 Å². The van der Waals surface area contributed by atoms with Gasteiger partial charge in [0.15, 0.2) is 0 Å². The van der Waals surface area contributed by atoms with Crippen LogP contribution in [0.15, 0.2) is 42.5 Å². The van der Waals surface area contributed by atoms with Crippen LogP contribution in [0.25, 0.3) is 16.5 Å². The van der Waals surface area contributed by atoms with Crippen molar-refractivity contribution < 1.29 is 0 Å². The number of fused-ring (bicyclic) bond motifs is 1. The number of rotatable bonds is 3. The van der Waals surface area contributed by atoms with Gasteiger partial charge in [0.1, 0.15) is 0 Å². The number of aromatic amines is 1. The fraction of sp³-hybridized carbons (Fsp3) is 0.294. The van der Waals surface area contributed by atoms with E-state index in [-0.39, 0.29) is 0 Å². The van der Waals surface area contributed by atoms with E-state index in [1.807, 2.05) is 6.92 Å². The zero-order chi connectivity index (χ0) is 13.1. The van der Waals surface area contributed by atoms with Crippen molar-refractivity contribution in [3.63, 3.8) is 0 Å². The molecule has 0 atom stereocenters. The third-order valence-corrected chi connectivity index (χ3v) is 3.26. The lowest BCUT2D eigenvalue weighted by Gasteiger charge is -2.02. The number of hydrogen-bond donors (Lipinski definition) is 1. The maximum Gasteiger partial charge on any atom is 0.0462 e. The monoisotopic (exact) mass is 239 g/mol. The third kappa shape index (κ3) is 2.40. The molecule has 1 heteroatoms. The molecule has 18 heavy (non-hydrogen) atoms. The topological polar surface area (TPSA) is 15.8 Å². The van der Waals surface area contributed by atoms with Crippen molar-refractivity contribution in [1.82, 2.24) is 4.98 Å². The predicted octanol–water partition coefficient (Wildman–Crippen LogP) is 5.27. The molecule has 0 radical (unpaired) electrons. The van der Waals surface area contributed by atoms with Crippen LogP contribution in [0.5, 0.6) is 0 Å². The molecule has 1 heterocycles. The lowest BCUT2D eigenvalue weighted by Crippen LogP contribution is -1.85. The summed E-state index contributed by atoms with van der Waals surface area (Å²) in [5.74, 6) is 0.539. The highest BCUT2D eigenvalue weighted by molar-refractivity contribution is 5.86. The van der Waals surface area contributed by atoms with Crippen LogP contribution in [-0.4, -0.2) is 4.98 Å². The number of nitrogens with one attached hydrogen (secondary N) is 1. The zero-order valence-electron chi connectivity index (χ0n) is 11.6. The van der Waals surface area contributed by atoms with Crippen molar-refractivity contribution in [2.75, 3.05) is 0 Å². The quantitative estimate of drug-likeness (QED) is 0.702. The van der Waals surface area contributed by atoms with E-state index in [9.17, 15) is 0 Å². The number of benzene rings is 1. The molecule has 94 valence electrons. The normalized spacial score (nSPS) is 13.1. The minimum atomic E-state index is 0.539. The number of hydrogen-bond acceptors (Lipinski definition) is 0. The van der Waals surface area contributed by atoms with Crippen LogP contribution < -0.4 is 0 Å². The van der Waals surface area contributed by atoms with Crippen LogP contribution in [0.1, 0.15) is 44.9 Å². The van der Waals surface area contributed by atoms with Crippen LogP contribution >= 0.6 is 0 Å². The van der Waals surface area contributed by atoms with Gasteiger partial charge in [0.05, 0.1) is 0 Å². The first-order valence-electron chi connectivity index (χ1n) is 6.57. The van der Waals surface area contributed by atoms with Crippen molar-refractivity contribution >= 4 is 16.5 Å². The van der Waals surface area contributed by atoms with Gasteiger partial charge in [-0.1, -0.05) is 44.2 Å². The minimum Gasteiger partial charge on any atom is -0.358 e. The van der Waals surface area contributed by atoms with Gasteiger partial charge in [-0.3, -0.25) is 0 Å². The Labute approximate surface area is 109 Å². The molecular formula is C17H21N. The SMILES string of the molecule is C/C=C\C(=C/C)c1ccc2cc(C(C)C)[nH]c2c1. The Morgan fingerprint density at radius 1 is 1.17 bits per heavy atom. The van der Waals surface area contributed by atoms with E-state index in [1.54, 1.807) is 0 Å². The molecule has 1 nitrogen and oxygen atoms in total. The molecule has 0 aliphatic carbocycles. The van der Waals surface area contributed by atoms with Crippen LogP contribution in [0.4, 0.5) is 0 Å². The Morgan fingerprint density at radius 2 is 1.94 bits per heavy atom. The molecule has 0 fully saturated rings. The summed E-state index contributed by atoms with van der Waals surface area (Å²) in [4.78, 5) is 3.51. The number of allylic oxidation sites excluding steroid dienone is 4. The lowest BCUT2D eigenvalue weighted by atomic mass is 10.0. The Bertz CT molecular complexity index is 597. The second-order valence-corrected chi connectivity index (χ2v) is 4.93. The Balaban J connectivity index is 2.50. The lowest BCUT2D eigenvalue weighted by molar-refractivity contribution is 0.836. The Morgan fingerprint density at radius 3 is 2.56 bits per heavy atom. The maximum absolute atomic E-state index is 3.51. The molecule has 2 rings (SSSR count). The largest absolute Gasteiger partial charge is 0.358 e. The zero-order valence-corrected chi connectivity index (χ0v) is 11.6. The molecule has 1 aromatic carbocycles. The van der Waals surface area contributed by atoms with Crippen molar-refractivity contribution in [2.24, 2.45) is 0 Å². The van der Waals surface area contributed by atoms with Gasteiger partial charge >= 0.3 is 0 Å². The van der Waals surface area contributed by atoms with Crippen LogP contribution in [-0.2, 0) is 0 Å². The van der Waals surface area contributed by atoms with Gasteiger partial charge in [0, 0.05) is 11.2 Å². The molecule has 0 amide bonds. The Hall–Kier alpha value is -1.76. The Kier molecular flexibility index (Phi) is 3.71. The average Bonchev–Trinajstić information content (AvgIpc) is 2.78. The van der Waals surface area contributed by atoms with E-state index in [0.717, 1.165) is 0 Å². The predicted molar refractivity (Wildman–Crippen MR) is 80.9 cm³/mol. The average molecular weight is 239 g/mol. The summed E-state index contributed by atoms with van der Waals surface area (Å²) < 4.78 is 0. The first-order chi connectivity index (χ1) is 8.65.